The Morgan fingerprint density at radius 2 is 2.07 bits per heavy atom. The van der Waals surface area contributed by atoms with Gasteiger partial charge in [0.2, 0.25) is 11.8 Å². The fourth-order valence-corrected chi connectivity index (χ4v) is 4.05. The van der Waals surface area contributed by atoms with Crippen LogP contribution in [0.25, 0.3) is 11.3 Å². The van der Waals surface area contributed by atoms with Crippen LogP contribution in [0.15, 0.2) is 34.9 Å². The van der Waals surface area contributed by atoms with Crippen LogP contribution >= 0.6 is 0 Å². The van der Waals surface area contributed by atoms with E-state index in [0.717, 1.165) is 42.1 Å². The number of anilines is 1. The van der Waals surface area contributed by atoms with Crippen LogP contribution in [0.1, 0.15) is 52.0 Å². The lowest BCUT2D eigenvalue weighted by molar-refractivity contribution is -0.133. The highest BCUT2D eigenvalue weighted by Crippen LogP contribution is 2.35. The fraction of sp³-hybridized carbons (Fsp3) is 0.583. The van der Waals surface area contributed by atoms with Gasteiger partial charge in [-0.1, -0.05) is 49.3 Å². The molecule has 0 radical (unpaired) electrons. The average molecular weight is 414 g/mol. The Balaban J connectivity index is 1.98. The Morgan fingerprint density at radius 1 is 1.30 bits per heavy atom. The van der Waals surface area contributed by atoms with Gasteiger partial charge in [0, 0.05) is 38.2 Å². The van der Waals surface area contributed by atoms with Crippen molar-refractivity contribution in [3.63, 3.8) is 0 Å². The molecule has 1 unspecified atom stereocenters. The summed E-state index contributed by atoms with van der Waals surface area (Å²) in [7, 11) is 1.67. The van der Waals surface area contributed by atoms with E-state index < -0.39 is 0 Å². The summed E-state index contributed by atoms with van der Waals surface area (Å²) >= 11 is 0. The molecule has 164 valence electrons. The third-order valence-corrected chi connectivity index (χ3v) is 5.73. The van der Waals surface area contributed by atoms with Gasteiger partial charge in [-0.25, -0.2) is 0 Å². The highest BCUT2D eigenvalue weighted by atomic mass is 16.5. The molecular formula is C24H35N3O3. The lowest BCUT2D eigenvalue weighted by atomic mass is 10.0. The van der Waals surface area contributed by atoms with Crippen LogP contribution in [-0.2, 0) is 16.1 Å². The molecule has 3 rings (SSSR count). The molecule has 2 heterocycles. The first kappa shape index (κ1) is 22.3. The van der Waals surface area contributed by atoms with E-state index in [2.05, 4.69) is 30.8 Å². The summed E-state index contributed by atoms with van der Waals surface area (Å²) in [6, 6.07) is 10.5. The molecular weight excluding hydrogens is 378 g/mol. The maximum absolute atomic E-state index is 13.0. The number of benzene rings is 1. The molecule has 0 aliphatic carbocycles. The normalized spacial score (nSPS) is 16.8. The molecule has 2 aromatic rings. The van der Waals surface area contributed by atoms with Gasteiger partial charge in [0.1, 0.15) is 5.69 Å². The molecule has 0 bridgehead atoms. The molecule has 0 saturated carbocycles. The molecule has 1 aromatic carbocycles. The second-order valence-corrected chi connectivity index (χ2v) is 8.63. The second kappa shape index (κ2) is 10.6. The zero-order chi connectivity index (χ0) is 21.5. The van der Waals surface area contributed by atoms with E-state index in [4.69, 9.17) is 9.26 Å². The number of piperidine rings is 1. The van der Waals surface area contributed by atoms with Gasteiger partial charge in [0.25, 0.3) is 0 Å². The summed E-state index contributed by atoms with van der Waals surface area (Å²) in [5.74, 6) is 1.25. The van der Waals surface area contributed by atoms with Crippen LogP contribution in [0.2, 0.25) is 0 Å². The summed E-state index contributed by atoms with van der Waals surface area (Å²) in [4.78, 5) is 17.2. The lowest BCUT2D eigenvalue weighted by Gasteiger charge is -2.34. The Bertz CT molecular complexity index is 803. The van der Waals surface area contributed by atoms with Crippen LogP contribution in [0.4, 0.5) is 5.88 Å². The molecule has 1 fully saturated rings. The Labute approximate surface area is 180 Å². The first-order valence-corrected chi connectivity index (χ1v) is 11.1. The van der Waals surface area contributed by atoms with Gasteiger partial charge in [-0.3, -0.25) is 4.79 Å². The highest BCUT2D eigenvalue weighted by molar-refractivity contribution is 5.77. The van der Waals surface area contributed by atoms with Crippen molar-refractivity contribution in [1.82, 2.24) is 10.1 Å². The Hall–Kier alpha value is -2.34. The molecule has 1 aliphatic heterocycles. The quantitative estimate of drug-likeness (QED) is 0.594. The number of hydrogen-bond donors (Lipinski definition) is 0. The van der Waals surface area contributed by atoms with Crippen molar-refractivity contribution in [3.8, 4) is 11.3 Å². The number of hydrogen-bond acceptors (Lipinski definition) is 5. The van der Waals surface area contributed by atoms with Gasteiger partial charge in [0.05, 0.1) is 18.7 Å². The van der Waals surface area contributed by atoms with Gasteiger partial charge < -0.3 is 19.1 Å². The van der Waals surface area contributed by atoms with E-state index in [9.17, 15) is 4.79 Å². The van der Waals surface area contributed by atoms with E-state index in [1.54, 1.807) is 7.11 Å². The van der Waals surface area contributed by atoms with Crippen molar-refractivity contribution in [2.75, 3.05) is 31.7 Å². The molecule has 30 heavy (non-hydrogen) atoms. The summed E-state index contributed by atoms with van der Waals surface area (Å²) in [6.45, 7) is 8.86. The molecule has 1 saturated heterocycles. The van der Waals surface area contributed by atoms with Gasteiger partial charge in [-0.2, -0.15) is 0 Å². The average Bonchev–Trinajstić information content (AvgIpc) is 3.14. The third-order valence-electron chi connectivity index (χ3n) is 5.73. The first-order valence-electron chi connectivity index (χ1n) is 11.1. The maximum Gasteiger partial charge on any atom is 0.233 e. The van der Waals surface area contributed by atoms with E-state index in [0.29, 0.717) is 38.1 Å². The Morgan fingerprint density at radius 3 is 2.73 bits per heavy atom. The summed E-state index contributed by atoms with van der Waals surface area (Å²) in [5.41, 5.74) is 2.82. The van der Waals surface area contributed by atoms with Crippen LogP contribution in [-0.4, -0.2) is 48.8 Å². The molecule has 0 N–H and O–H groups in total. The van der Waals surface area contributed by atoms with Crippen molar-refractivity contribution >= 4 is 11.8 Å². The van der Waals surface area contributed by atoms with E-state index in [1.165, 1.54) is 6.42 Å². The molecule has 1 amide bonds. The minimum absolute atomic E-state index is 0.139. The predicted octanol–water partition coefficient (Wildman–Crippen LogP) is 4.74. The Kier molecular flexibility index (Phi) is 7.91. The SMILES string of the molecule is COCCN(Cc1c(-c2ccccc2)noc1N1CCCCC1C)C(=O)CC(C)C. The second-order valence-electron chi connectivity index (χ2n) is 8.63. The molecule has 0 spiro atoms. The minimum atomic E-state index is 0.139. The molecule has 1 aliphatic rings. The topological polar surface area (TPSA) is 58.8 Å². The summed E-state index contributed by atoms with van der Waals surface area (Å²) in [6.07, 6.45) is 4.04. The molecule has 1 atom stereocenters. The summed E-state index contributed by atoms with van der Waals surface area (Å²) < 4.78 is 11.2. The number of methoxy groups -OCH3 is 1. The van der Waals surface area contributed by atoms with Crippen molar-refractivity contribution in [3.05, 3.63) is 35.9 Å². The van der Waals surface area contributed by atoms with Crippen molar-refractivity contribution in [1.29, 1.82) is 0 Å². The molecule has 1 aromatic heterocycles. The zero-order valence-electron chi connectivity index (χ0n) is 18.8. The van der Waals surface area contributed by atoms with E-state index in [1.807, 2.05) is 35.2 Å². The number of aromatic nitrogens is 1. The standard InChI is InChI=1S/C24H35N3O3/c1-18(2)16-22(28)26(14-15-29-4)17-21-23(20-11-6-5-7-12-20)25-30-24(21)27-13-9-8-10-19(27)3/h5-7,11-12,18-19H,8-10,13-17H2,1-4H3. The molecule has 6 heteroatoms. The highest BCUT2D eigenvalue weighted by Gasteiger charge is 2.29. The van der Waals surface area contributed by atoms with Crippen LogP contribution in [0, 0.1) is 5.92 Å². The number of ether oxygens (including phenoxy) is 1. The van der Waals surface area contributed by atoms with Crippen LogP contribution in [0.5, 0.6) is 0 Å². The van der Waals surface area contributed by atoms with Crippen molar-refractivity contribution < 1.29 is 14.1 Å². The largest absolute Gasteiger partial charge is 0.383 e. The van der Waals surface area contributed by atoms with E-state index in [-0.39, 0.29) is 5.91 Å². The van der Waals surface area contributed by atoms with Crippen LogP contribution < -0.4 is 4.90 Å². The number of carbonyl (C=O) groups is 1. The number of amides is 1. The van der Waals surface area contributed by atoms with Gasteiger partial charge in [-0.15, -0.1) is 0 Å². The van der Waals surface area contributed by atoms with Crippen molar-refractivity contribution in [2.24, 2.45) is 5.92 Å². The fourth-order valence-electron chi connectivity index (χ4n) is 4.05. The smallest absolute Gasteiger partial charge is 0.233 e. The zero-order valence-corrected chi connectivity index (χ0v) is 18.8. The first-order chi connectivity index (χ1) is 14.5. The minimum Gasteiger partial charge on any atom is -0.383 e. The monoisotopic (exact) mass is 413 g/mol. The number of rotatable bonds is 9. The van der Waals surface area contributed by atoms with Crippen molar-refractivity contribution in [2.45, 2.75) is 59.0 Å². The number of carbonyl (C=O) groups excluding carboxylic acids is 1. The van der Waals surface area contributed by atoms with E-state index >= 15 is 0 Å². The molecule has 6 nitrogen and oxygen atoms in total. The lowest BCUT2D eigenvalue weighted by Crippen LogP contribution is -2.39. The number of nitrogens with zero attached hydrogens (tertiary/aromatic N) is 3. The van der Waals surface area contributed by atoms with Gasteiger partial charge >= 0.3 is 0 Å². The maximum atomic E-state index is 13.0. The van der Waals surface area contributed by atoms with Gasteiger partial charge in [-0.05, 0) is 32.1 Å². The predicted molar refractivity (Wildman–Crippen MR) is 119 cm³/mol. The van der Waals surface area contributed by atoms with Crippen LogP contribution in [0.3, 0.4) is 0 Å². The van der Waals surface area contributed by atoms with Gasteiger partial charge in [0.15, 0.2) is 0 Å². The third kappa shape index (κ3) is 5.42. The summed E-state index contributed by atoms with van der Waals surface area (Å²) in [5, 5.41) is 4.46.